The first-order valence-corrected chi connectivity index (χ1v) is 19.1. The molecular formula is C45H49N5. The summed E-state index contributed by atoms with van der Waals surface area (Å²) in [5.74, 6) is 6.31. The Bertz CT molecular complexity index is 1930. The second-order valence-corrected chi connectivity index (χ2v) is 17.4. The third-order valence-corrected chi connectivity index (χ3v) is 12.8. The number of hydrogen-bond acceptors (Lipinski definition) is 5. The molecule has 8 atom stereocenters. The van der Waals surface area contributed by atoms with Crippen molar-refractivity contribution in [3.63, 3.8) is 0 Å². The minimum absolute atomic E-state index is 0.193. The molecule has 254 valence electrons. The van der Waals surface area contributed by atoms with Gasteiger partial charge in [-0.05, 0) is 146 Å². The molecule has 0 N–H and O–H groups in total. The van der Waals surface area contributed by atoms with E-state index in [0.717, 1.165) is 46.6 Å². The molecule has 3 aromatic carbocycles. The van der Waals surface area contributed by atoms with Gasteiger partial charge < -0.3 is 0 Å². The van der Waals surface area contributed by atoms with Gasteiger partial charge in [-0.2, -0.15) is 10.5 Å². The molecule has 5 heteroatoms. The van der Waals surface area contributed by atoms with Crippen LogP contribution in [0.2, 0.25) is 0 Å². The molecule has 4 saturated carbocycles. The molecule has 0 saturated heterocycles. The van der Waals surface area contributed by atoms with Crippen LogP contribution in [-0.2, 0) is 10.8 Å². The molecule has 4 aromatic rings. The van der Waals surface area contributed by atoms with Crippen molar-refractivity contribution in [1.29, 1.82) is 10.5 Å². The lowest BCUT2D eigenvalue weighted by Gasteiger charge is -2.50. The van der Waals surface area contributed by atoms with Crippen LogP contribution in [0.5, 0.6) is 0 Å². The molecule has 50 heavy (non-hydrogen) atoms. The summed E-state index contributed by atoms with van der Waals surface area (Å²) in [4.78, 5) is 15.2. The van der Waals surface area contributed by atoms with Crippen LogP contribution >= 0.6 is 0 Å². The van der Waals surface area contributed by atoms with Crippen LogP contribution in [-0.4, -0.2) is 15.0 Å². The van der Waals surface area contributed by atoms with Gasteiger partial charge in [0.1, 0.15) is 0 Å². The zero-order valence-corrected chi connectivity index (χ0v) is 30.1. The first-order valence-electron chi connectivity index (χ1n) is 19.1. The van der Waals surface area contributed by atoms with Gasteiger partial charge in [0.2, 0.25) is 0 Å². The molecule has 4 fully saturated rings. The molecule has 0 radical (unpaired) electrons. The van der Waals surface area contributed by atoms with Gasteiger partial charge in [0.05, 0.1) is 23.3 Å². The molecule has 1 aromatic heterocycles. The predicted molar refractivity (Wildman–Crippen MR) is 199 cm³/mol. The van der Waals surface area contributed by atoms with E-state index < -0.39 is 0 Å². The zero-order valence-electron chi connectivity index (χ0n) is 30.1. The van der Waals surface area contributed by atoms with Gasteiger partial charge in [-0.1, -0.05) is 70.2 Å². The maximum Gasteiger partial charge on any atom is 0.164 e. The van der Waals surface area contributed by atoms with Crippen LogP contribution in [0.1, 0.15) is 114 Å². The van der Waals surface area contributed by atoms with E-state index in [1.807, 2.05) is 0 Å². The fourth-order valence-corrected chi connectivity index (χ4v) is 11.7. The molecule has 2 unspecified atom stereocenters. The first-order chi connectivity index (χ1) is 24.1. The molecule has 5 nitrogen and oxygen atoms in total. The molecule has 0 aliphatic heterocycles. The van der Waals surface area contributed by atoms with Gasteiger partial charge in [0, 0.05) is 16.7 Å². The number of fused-ring (bicyclic) bond motifs is 4. The molecule has 4 aliphatic rings. The summed E-state index contributed by atoms with van der Waals surface area (Å²) in [7, 11) is 0. The van der Waals surface area contributed by atoms with Crippen LogP contribution in [0.15, 0.2) is 66.7 Å². The van der Waals surface area contributed by atoms with E-state index in [1.165, 1.54) is 75.3 Å². The van der Waals surface area contributed by atoms with E-state index in [1.54, 1.807) is 18.2 Å². The van der Waals surface area contributed by atoms with Gasteiger partial charge >= 0.3 is 0 Å². The summed E-state index contributed by atoms with van der Waals surface area (Å²) in [6.45, 7) is 9.75. The average molecular weight is 660 g/mol. The largest absolute Gasteiger partial charge is 0.208 e. The van der Waals surface area contributed by atoms with Crippen LogP contribution in [0.25, 0.3) is 34.2 Å². The molecule has 0 amide bonds. The van der Waals surface area contributed by atoms with Gasteiger partial charge in [-0.15, -0.1) is 0 Å². The Hall–Kier alpha value is -4.35. The number of nitriles is 2. The van der Waals surface area contributed by atoms with Crippen LogP contribution in [0.4, 0.5) is 0 Å². The van der Waals surface area contributed by atoms with E-state index in [-0.39, 0.29) is 10.8 Å². The van der Waals surface area contributed by atoms with Crippen molar-refractivity contribution in [3.05, 3.63) is 89.0 Å². The Balaban J connectivity index is 1.22. The lowest BCUT2D eigenvalue weighted by atomic mass is 9.54. The third-order valence-electron chi connectivity index (χ3n) is 12.8. The number of aromatic nitrogens is 3. The second-order valence-electron chi connectivity index (χ2n) is 17.4. The van der Waals surface area contributed by atoms with Crippen molar-refractivity contribution in [3.8, 4) is 46.3 Å². The molecule has 4 bridgehead atoms. The lowest BCUT2D eigenvalue weighted by Crippen LogP contribution is -2.42. The van der Waals surface area contributed by atoms with Crippen molar-refractivity contribution in [2.75, 3.05) is 0 Å². The summed E-state index contributed by atoms with van der Waals surface area (Å²) >= 11 is 0. The van der Waals surface area contributed by atoms with Crippen molar-refractivity contribution in [1.82, 2.24) is 15.0 Å². The number of benzene rings is 3. The van der Waals surface area contributed by atoms with E-state index in [0.29, 0.717) is 34.2 Å². The predicted octanol–water partition coefficient (Wildman–Crippen LogP) is 10.8. The fraction of sp³-hybridized carbons (Fsp3) is 0.489. The molecule has 0 spiro atoms. The standard InChI is InChI=1S/C45H49N5/c1-28-12-32-13-29(2)21-44(20-28,24-32)39-10-8-36(9-11-39)41-48-42(50-43(49-41)38-17-34(26-46)16-35(18-38)27-47)37-6-5-7-40(19-37)45-22-30(3)14-33(25-45)15-31(4)23-45/h5-11,16-19,28-33H,12-15,20-25H2,1-4H3/t28-,29+,30-,31+,32-,33-,44?,45?. The monoisotopic (exact) mass is 659 g/mol. The average Bonchev–Trinajstić information content (AvgIpc) is 3.10. The van der Waals surface area contributed by atoms with E-state index >= 15 is 0 Å². The molecular weight excluding hydrogens is 611 g/mol. The highest BCUT2D eigenvalue weighted by Gasteiger charge is 2.46. The Labute approximate surface area is 298 Å². The maximum atomic E-state index is 9.77. The maximum absolute atomic E-state index is 9.77. The van der Waals surface area contributed by atoms with Crippen LogP contribution < -0.4 is 0 Å². The molecule has 4 aliphatic carbocycles. The molecule has 8 rings (SSSR count). The van der Waals surface area contributed by atoms with Crippen molar-refractivity contribution in [2.24, 2.45) is 35.5 Å². The van der Waals surface area contributed by atoms with Crippen LogP contribution in [0, 0.1) is 58.2 Å². The normalized spacial score (nSPS) is 31.7. The number of rotatable bonds is 5. The highest BCUT2D eigenvalue weighted by Crippen LogP contribution is 2.55. The lowest BCUT2D eigenvalue weighted by molar-refractivity contribution is 0.0779. The van der Waals surface area contributed by atoms with Gasteiger partial charge in [-0.3, -0.25) is 0 Å². The van der Waals surface area contributed by atoms with Gasteiger partial charge in [0.15, 0.2) is 17.5 Å². The Morgan fingerprint density at radius 2 is 0.960 bits per heavy atom. The minimum Gasteiger partial charge on any atom is -0.208 e. The minimum atomic E-state index is 0.193. The van der Waals surface area contributed by atoms with E-state index in [4.69, 9.17) is 15.0 Å². The fourth-order valence-electron chi connectivity index (χ4n) is 11.7. The molecule has 1 heterocycles. The topological polar surface area (TPSA) is 86.2 Å². The summed E-state index contributed by atoms with van der Waals surface area (Å²) in [5, 5.41) is 19.5. The number of nitrogens with zero attached hydrogens (tertiary/aromatic N) is 5. The Morgan fingerprint density at radius 1 is 0.500 bits per heavy atom. The smallest absolute Gasteiger partial charge is 0.164 e. The second kappa shape index (κ2) is 12.8. The SMILES string of the molecule is C[C@@H]1C[C@@H]2C[C@H](C)CC(c3ccc(-c4nc(-c5cc(C#N)cc(C#N)c5)nc(-c5cccc(C67C[C@H](C)C[C@H](C[C@H](C)C6)C7)c5)n4)cc3)(C1)C2. The highest BCUT2D eigenvalue weighted by molar-refractivity contribution is 5.69. The zero-order chi connectivity index (χ0) is 34.6. The van der Waals surface area contributed by atoms with Crippen molar-refractivity contribution < 1.29 is 0 Å². The van der Waals surface area contributed by atoms with Crippen molar-refractivity contribution in [2.45, 2.75) is 103 Å². The summed E-state index contributed by atoms with van der Waals surface area (Å²) in [6.07, 6.45) is 13.0. The van der Waals surface area contributed by atoms with Gasteiger partial charge in [-0.25, -0.2) is 15.0 Å². The summed E-state index contributed by atoms with van der Waals surface area (Å²) in [5.41, 5.74) is 6.74. The van der Waals surface area contributed by atoms with Crippen LogP contribution in [0.3, 0.4) is 0 Å². The van der Waals surface area contributed by atoms with Gasteiger partial charge in [0.25, 0.3) is 0 Å². The summed E-state index contributed by atoms with van der Waals surface area (Å²) in [6, 6.07) is 27.6. The first kappa shape index (κ1) is 32.8. The number of hydrogen-bond donors (Lipinski definition) is 0. The quantitative estimate of drug-likeness (QED) is 0.213. The summed E-state index contributed by atoms with van der Waals surface area (Å²) < 4.78 is 0. The Morgan fingerprint density at radius 3 is 1.46 bits per heavy atom. The van der Waals surface area contributed by atoms with Crippen molar-refractivity contribution >= 4 is 0 Å². The van der Waals surface area contributed by atoms with E-state index in [2.05, 4.69) is 88.4 Å². The Kier molecular flexibility index (Phi) is 8.38. The third kappa shape index (κ3) is 6.15. The highest BCUT2D eigenvalue weighted by atomic mass is 15.0. The van der Waals surface area contributed by atoms with E-state index in [9.17, 15) is 10.5 Å².